The molecule has 1 aromatic heterocycles. The third kappa shape index (κ3) is 4.61. The van der Waals surface area contributed by atoms with Crippen molar-refractivity contribution in [2.45, 2.75) is 16.0 Å². The van der Waals surface area contributed by atoms with E-state index in [1.165, 1.54) is 0 Å². The maximum Gasteiger partial charge on any atom is 0.317 e. The number of aromatic nitrogens is 2. The van der Waals surface area contributed by atoms with Gasteiger partial charge in [0.1, 0.15) is 5.25 Å². The van der Waals surface area contributed by atoms with Gasteiger partial charge in [0.05, 0.1) is 12.3 Å². The van der Waals surface area contributed by atoms with Crippen LogP contribution in [0.25, 0.3) is 0 Å². The molecule has 8 nitrogen and oxygen atoms in total. The van der Waals surface area contributed by atoms with Gasteiger partial charge in [-0.2, -0.15) is 5.10 Å². The number of thioether (sulfide) groups is 1. The smallest absolute Gasteiger partial charge is 0.317 e. The summed E-state index contributed by atoms with van der Waals surface area (Å²) >= 11 is 6.42. The number of aromatic amines is 1. The molecule has 0 aliphatic rings. The van der Waals surface area contributed by atoms with Crippen molar-refractivity contribution in [3.8, 4) is 0 Å². The normalized spacial score (nSPS) is 13.7. The van der Waals surface area contributed by atoms with Crippen LogP contribution in [0.5, 0.6) is 0 Å². The molecule has 0 aromatic carbocycles. The molecular weight excluding hydrogens is 316 g/mol. The number of carboxylic acid groups (broad SMARTS) is 3. The van der Waals surface area contributed by atoms with Crippen molar-refractivity contribution in [1.29, 1.82) is 0 Å². The number of H-pyrrole nitrogens is 1. The van der Waals surface area contributed by atoms with E-state index in [0.29, 0.717) is 15.7 Å². The summed E-state index contributed by atoms with van der Waals surface area (Å²) in [5.41, 5.74) is 0. The summed E-state index contributed by atoms with van der Waals surface area (Å²) in [6.07, 6.45) is -0.783. The van der Waals surface area contributed by atoms with Crippen molar-refractivity contribution >= 4 is 53.2 Å². The Labute approximate surface area is 119 Å². The molecule has 0 radical (unpaired) electrons. The van der Waals surface area contributed by atoms with E-state index in [9.17, 15) is 14.4 Å². The molecule has 11 heteroatoms. The zero-order valence-electron chi connectivity index (χ0n) is 9.10. The highest BCUT2D eigenvalue weighted by atomic mass is 32.2. The molecule has 0 aliphatic heterocycles. The Morgan fingerprint density at radius 2 is 1.95 bits per heavy atom. The van der Waals surface area contributed by atoms with E-state index < -0.39 is 35.5 Å². The van der Waals surface area contributed by atoms with Crippen LogP contribution in [0.3, 0.4) is 0 Å². The molecule has 0 spiro atoms. The second-order valence-electron chi connectivity index (χ2n) is 3.30. The van der Waals surface area contributed by atoms with E-state index in [-0.39, 0.29) is 4.34 Å². The molecule has 104 valence electrons. The molecule has 0 fully saturated rings. The molecule has 2 unspecified atom stereocenters. The van der Waals surface area contributed by atoms with E-state index in [0.717, 1.165) is 11.3 Å². The number of rotatable bonds is 7. The Bertz CT molecular complexity index is 553. The molecule has 0 bridgehead atoms. The van der Waals surface area contributed by atoms with Gasteiger partial charge in [-0.15, -0.1) is 0 Å². The third-order valence-electron chi connectivity index (χ3n) is 1.97. The first kappa shape index (κ1) is 15.6. The summed E-state index contributed by atoms with van der Waals surface area (Å²) in [5.74, 6) is -5.84. The molecule has 1 aromatic rings. The van der Waals surface area contributed by atoms with Gasteiger partial charge in [0.2, 0.25) is 0 Å². The largest absolute Gasteiger partial charge is 0.481 e. The highest BCUT2D eigenvalue weighted by Gasteiger charge is 2.37. The predicted octanol–water partition coefficient (Wildman–Crippen LogP) is 0.921. The standard InChI is InChI=1S/C8H8N2O6S3/c11-3(12)1-2(5(13)14)4(6(15)16)18-8-10-9-7(17)19-8/h2,4H,1H2,(H,9,17)(H,11,12)(H,13,14)(H,15,16). The molecule has 1 heterocycles. The molecule has 0 saturated heterocycles. The number of hydrogen-bond acceptors (Lipinski definition) is 7. The van der Waals surface area contributed by atoms with Gasteiger partial charge in [-0.05, 0) is 12.2 Å². The van der Waals surface area contributed by atoms with Crippen molar-refractivity contribution in [2.24, 2.45) is 5.92 Å². The zero-order valence-corrected chi connectivity index (χ0v) is 11.5. The molecule has 0 aliphatic carbocycles. The lowest BCUT2D eigenvalue weighted by Crippen LogP contribution is -2.34. The predicted molar refractivity (Wildman–Crippen MR) is 68.0 cm³/mol. The fourth-order valence-electron chi connectivity index (χ4n) is 1.19. The SMILES string of the molecule is O=C(O)CC(C(=O)O)C(Sc1n[nH]c(=S)s1)C(=O)O. The number of carboxylic acids is 3. The average Bonchev–Trinajstić information content (AvgIpc) is 2.68. The van der Waals surface area contributed by atoms with Crippen LogP contribution < -0.4 is 0 Å². The first-order valence-corrected chi connectivity index (χ1v) is 6.81. The van der Waals surface area contributed by atoms with Gasteiger partial charge in [-0.25, -0.2) is 0 Å². The Kier molecular flexibility index (Phi) is 5.44. The van der Waals surface area contributed by atoms with Crippen LogP contribution in [0.2, 0.25) is 0 Å². The Morgan fingerprint density at radius 3 is 2.32 bits per heavy atom. The summed E-state index contributed by atoms with van der Waals surface area (Å²) in [6, 6.07) is 0. The van der Waals surface area contributed by atoms with Crippen LogP contribution in [0.15, 0.2) is 4.34 Å². The van der Waals surface area contributed by atoms with Crippen LogP contribution >= 0.6 is 35.3 Å². The van der Waals surface area contributed by atoms with Gasteiger partial charge < -0.3 is 15.3 Å². The van der Waals surface area contributed by atoms with Crippen LogP contribution in [0.1, 0.15) is 6.42 Å². The number of hydrogen-bond donors (Lipinski definition) is 4. The lowest BCUT2D eigenvalue weighted by Gasteiger charge is -2.16. The monoisotopic (exact) mass is 324 g/mol. The minimum atomic E-state index is -1.56. The summed E-state index contributed by atoms with van der Waals surface area (Å²) < 4.78 is 0.561. The molecule has 1 rings (SSSR count). The van der Waals surface area contributed by atoms with Gasteiger partial charge in [0, 0.05) is 0 Å². The van der Waals surface area contributed by atoms with Crippen molar-refractivity contribution in [3.05, 3.63) is 3.95 Å². The fourth-order valence-corrected chi connectivity index (χ4v) is 3.52. The summed E-state index contributed by atoms with van der Waals surface area (Å²) in [7, 11) is 0. The number of nitrogens with zero attached hydrogens (tertiary/aromatic N) is 1. The maximum absolute atomic E-state index is 11.1. The second kappa shape index (κ2) is 6.63. The zero-order chi connectivity index (χ0) is 14.6. The average molecular weight is 324 g/mol. The van der Waals surface area contributed by atoms with Crippen LogP contribution in [0.4, 0.5) is 0 Å². The van der Waals surface area contributed by atoms with E-state index in [1.54, 1.807) is 0 Å². The third-order valence-corrected chi connectivity index (χ3v) is 4.47. The van der Waals surface area contributed by atoms with Crippen molar-refractivity contribution < 1.29 is 29.7 Å². The van der Waals surface area contributed by atoms with Gasteiger partial charge in [0.25, 0.3) is 0 Å². The number of carbonyl (C=O) groups is 3. The molecule has 0 saturated carbocycles. The molecule has 2 atom stereocenters. The number of aliphatic carboxylic acids is 3. The molecule has 19 heavy (non-hydrogen) atoms. The Morgan fingerprint density at radius 1 is 1.32 bits per heavy atom. The van der Waals surface area contributed by atoms with Crippen LogP contribution in [-0.2, 0) is 14.4 Å². The minimum Gasteiger partial charge on any atom is -0.481 e. The summed E-state index contributed by atoms with van der Waals surface area (Å²) in [4.78, 5) is 32.7. The number of nitrogens with one attached hydrogen (secondary N) is 1. The van der Waals surface area contributed by atoms with Gasteiger partial charge in [-0.3, -0.25) is 19.5 Å². The Hall–Kier alpha value is -1.46. The van der Waals surface area contributed by atoms with Crippen molar-refractivity contribution in [3.63, 3.8) is 0 Å². The maximum atomic E-state index is 11.1. The van der Waals surface area contributed by atoms with Crippen molar-refractivity contribution in [2.75, 3.05) is 0 Å². The highest BCUT2D eigenvalue weighted by molar-refractivity contribution is 8.02. The summed E-state index contributed by atoms with van der Waals surface area (Å²) in [6.45, 7) is 0. The first-order chi connectivity index (χ1) is 8.81. The van der Waals surface area contributed by atoms with Gasteiger partial charge in [0.15, 0.2) is 8.29 Å². The van der Waals surface area contributed by atoms with Gasteiger partial charge in [-0.1, -0.05) is 23.1 Å². The molecule has 0 amide bonds. The fraction of sp³-hybridized carbons (Fsp3) is 0.375. The molecule has 4 N–H and O–H groups in total. The van der Waals surface area contributed by atoms with Crippen LogP contribution in [0, 0.1) is 9.87 Å². The quantitative estimate of drug-likeness (QED) is 0.425. The minimum absolute atomic E-state index is 0.244. The lowest BCUT2D eigenvalue weighted by molar-refractivity contribution is -0.151. The van der Waals surface area contributed by atoms with Crippen LogP contribution in [-0.4, -0.2) is 48.7 Å². The second-order valence-corrected chi connectivity index (χ2v) is 6.35. The van der Waals surface area contributed by atoms with E-state index in [4.69, 9.17) is 27.5 Å². The summed E-state index contributed by atoms with van der Waals surface area (Å²) in [5, 5.41) is 31.3. The van der Waals surface area contributed by atoms with E-state index >= 15 is 0 Å². The highest BCUT2D eigenvalue weighted by Crippen LogP contribution is 2.31. The molecular formula is C8H8N2O6S3. The first-order valence-electron chi connectivity index (χ1n) is 4.71. The van der Waals surface area contributed by atoms with Crippen molar-refractivity contribution in [1.82, 2.24) is 10.2 Å². The van der Waals surface area contributed by atoms with Gasteiger partial charge >= 0.3 is 17.9 Å². The Balaban J connectivity index is 2.96. The van der Waals surface area contributed by atoms with E-state index in [1.807, 2.05) is 0 Å². The lowest BCUT2D eigenvalue weighted by atomic mass is 10.0. The van der Waals surface area contributed by atoms with E-state index in [2.05, 4.69) is 10.2 Å². The topological polar surface area (TPSA) is 141 Å².